The standard InChI is InChI=1S/C8H9ClO5/c1-5(2)8(12)13-4-7(11)14-6(10)3-9/h1,3-4H2,2H3. The van der Waals surface area contributed by atoms with Crippen LogP contribution in [0.5, 0.6) is 0 Å². The van der Waals surface area contributed by atoms with Crippen LogP contribution < -0.4 is 0 Å². The SMILES string of the molecule is C=C(C)C(=O)OCC(=O)OC(=O)CCl. The predicted molar refractivity (Wildman–Crippen MR) is 47.6 cm³/mol. The summed E-state index contributed by atoms with van der Waals surface area (Å²) in [6.07, 6.45) is 0. The molecule has 0 aliphatic carbocycles. The number of carbonyl (C=O) groups excluding carboxylic acids is 3. The van der Waals surface area contributed by atoms with Gasteiger partial charge in [-0.2, -0.15) is 0 Å². The molecule has 0 saturated carbocycles. The summed E-state index contributed by atoms with van der Waals surface area (Å²) >= 11 is 5.06. The summed E-state index contributed by atoms with van der Waals surface area (Å²) in [6, 6.07) is 0. The summed E-state index contributed by atoms with van der Waals surface area (Å²) in [7, 11) is 0. The van der Waals surface area contributed by atoms with Gasteiger partial charge in [-0.25, -0.2) is 9.59 Å². The molecule has 0 aromatic heterocycles. The number of alkyl halides is 1. The third kappa shape index (κ3) is 5.31. The van der Waals surface area contributed by atoms with Crippen molar-refractivity contribution >= 4 is 29.5 Å². The minimum absolute atomic E-state index is 0.154. The van der Waals surface area contributed by atoms with Gasteiger partial charge < -0.3 is 9.47 Å². The Bertz CT molecular complexity index is 271. The quantitative estimate of drug-likeness (QED) is 0.297. The van der Waals surface area contributed by atoms with Crippen LogP contribution in [0.15, 0.2) is 12.2 Å². The first-order valence-electron chi connectivity index (χ1n) is 3.59. The number of hydrogen-bond donors (Lipinski definition) is 0. The van der Waals surface area contributed by atoms with E-state index < -0.39 is 30.4 Å². The van der Waals surface area contributed by atoms with Crippen molar-refractivity contribution in [3.8, 4) is 0 Å². The van der Waals surface area contributed by atoms with E-state index >= 15 is 0 Å². The van der Waals surface area contributed by atoms with Crippen LogP contribution in [0.1, 0.15) is 6.92 Å². The van der Waals surface area contributed by atoms with Crippen molar-refractivity contribution in [2.24, 2.45) is 0 Å². The molecule has 0 fully saturated rings. The molecule has 0 unspecified atom stereocenters. The highest BCUT2D eigenvalue weighted by Crippen LogP contribution is 1.93. The fourth-order valence-electron chi connectivity index (χ4n) is 0.431. The lowest BCUT2D eigenvalue weighted by atomic mass is 10.4. The Morgan fingerprint density at radius 1 is 1.29 bits per heavy atom. The average Bonchev–Trinajstić information content (AvgIpc) is 2.13. The van der Waals surface area contributed by atoms with E-state index in [0.717, 1.165) is 0 Å². The Hall–Kier alpha value is -1.36. The fraction of sp³-hybridized carbons (Fsp3) is 0.375. The number of halogens is 1. The second-order valence-electron chi connectivity index (χ2n) is 2.34. The highest BCUT2D eigenvalue weighted by atomic mass is 35.5. The number of carbonyl (C=O) groups is 3. The van der Waals surface area contributed by atoms with Crippen LogP contribution in [0.2, 0.25) is 0 Å². The van der Waals surface area contributed by atoms with E-state index in [1.165, 1.54) is 6.92 Å². The van der Waals surface area contributed by atoms with Crippen molar-refractivity contribution in [1.29, 1.82) is 0 Å². The third-order valence-corrected chi connectivity index (χ3v) is 1.22. The van der Waals surface area contributed by atoms with Gasteiger partial charge in [0.1, 0.15) is 5.88 Å². The Morgan fingerprint density at radius 3 is 2.29 bits per heavy atom. The zero-order valence-electron chi connectivity index (χ0n) is 7.54. The summed E-state index contributed by atoms with van der Waals surface area (Å²) in [6.45, 7) is 4.09. The van der Waals surface area contributed by atoms with E-state index in [2.05, 4.69) is 16.1 Å². The normalized spacial score (nSPS) is 9.00. The molecule has 0 aromatic rings. The first-order valence-corrected chi connectivity index (χ1v) is 4.13. The molecule has 0 bridgehead atoms. The second-order valence-corrected chi connectivity index (χ2v) is 2.60. The first kappa shape index (κ1) is 12.6. The van der Waals surface area contributed by atoms with Gasteiger partial charge >= 0.3 is 17.9 Å². The zero-order valence-corrected chi connectivity index (χ0v) is 8.30. The molecule has 5 nitrogen and oxygen atoms in total. The summed E-state index contributed by atoms with van der Waals surface area (Å²) in [4.78, 5) is 32.0. The molecule has 0 heterocycles. The van der Waals surface area contributed by atoms with E-state index in [0.29, 0.717) is 0 Å². The Labute approximate surface area is 85.6 Å². The molecule has 0 N–H and O–H groups in total. The molecular formula is C8H9ClO5. The van der Waals surface area contributed by atoms with Crippen molar-refractivity contribution in [3.05, 3.63) is 12.2 Å². The molecule has 0 radical (unpaired) electrons. The third-order valence-electron chi connectivity index (χ3n) is 1.01. The van der Waals surface area contributed by atoms with Crippen LogP contribution >= 0.6 is 11.6 Å². The number of hydrogen-bond acceptors (Lipinski definition) is 5. The Kier molecular flexibility index (Phi) is 5.55. The first-order chi connectivity index (χ1) is 6.47. The van der Waals surface area contributed by atoms with Gasteiger partial charge in [0.2, 0.25) is 0 Å². The number of esters is 3. The minimum atomic E-state index is -0.967. The van der Waals surface area contributed by atoms with E-state index in [9.17, 15) is 14.4 Å². The summed E-state index contributed by atoms with van der Waals surface area (Å²) in [5, 5.41) is 0. The molecular weight excluding hydrogens is 212 g/mol. The van der Waals surface area contributed by atoms with Crippen molar-refractivity contribution in [3.63, 3.8) is 0 Å². The summed E-state index contributed by atoms with van der Waals surface area (Å²) in [5.41, 5.74) is 0.154. The molecule has 0 atom stereocenters. The van der Waals surface area contributed by atoms with Crippen molar-refractivity contribution in [2.45, 2.75) is 6.92 Å². The minimum Gasteiger partial charge on any atom is -0.450 e. The van der Waals surface area contributed by atoms with Crippen molar-refractivity contribution in [1.82, 2.24) is 0 Å². The van der Waals surface area contributed by atoms with E-state index in [1.54, 1.807) is 0 Å². The van der Waals surface area contributed by atoms with Crippen molar-refractivity contribution in [2.75, 3.05) is 12.5 Å². The second kappa shape index (κ2) is 6.15. The van der Waals surface area contributed by atoms with Gasteiger partial charge in [-0.15, -0.1) is 11.6 Å². The van der Waals surface area contributed by atoms with E-state index in [4.69, 9.17) is 11.6 Å². The largest absolute Gasteiger partial charge is 0.450 e. The van der Waals surface area contributed by atoms with Gasteiger partial charge in [0.25, 0.3) is 0 Å². The van der Waals surface area contributed by atoms with Crippen molar-refractivity contribution < 1.29 is 23.9 Å². The number of ether oxygens (including phenoxy) is 2. The lowest BCUT2D eigenvalue weighted by Crippen LogP contribution is -2.20. The maximum Gasteiger partial charge on any atom is 0.351 e. The Morgan fingerprint density at radius 2 is 1.86 bits per heavy atom. The van der Waals surface area contributed by atoms with Crippen LogP contribution in [-0.2, 0) is 23.9 Å². The fourth-order valence-corrected chi connectivity index (χ4v) is 0.486. The highest BCUT2D eigenvalue weighted by molar-refractivity contribution is 6.27. The molecule has 0 rings (SSSR count). The van der Waals surface area contributed by atoms with Crippen LogP contribution in [0.4, 0.5) is 0 Å². The molecule has 0 amide bonds. The van der Waals surface area contributed by atoms with Gasteiger partial charge in [-0.3, -0.25) is 4.79 Å². The molecule has 0 aromatic carbocycles. The molecule has 78 valence electrons. The van der Waals surface area contributed by atoms with E-state index in [-0.39, 0.29) is 5.57 Å². The maximum absolute atomic E-state index is 10.8. The Balaban J connectivity index is 3.80. The predicted octanol–water partition coefficient (Wildman–Crippen LogP) is 0.414. The lowest BCUT2D eigenvalue weighted by molar-refractivity contribution is -0.164. The van der Waals surface area contributed by atoms with Gasteiger partial charge in [0, 0.05) is 5.57 Å². The average molecular weight is 221 g/mol. The van der Waals surface area contributed by atoms with Gasteiger partial charge in [-0.1, -0.05) is 6.58 Å². The molecule has 0 spiro atoms. The highest BCUT2D eigenvalue weighted by Gasteiger charge is 2.12. The lowest BCUT2D eigenvalue weighted by Gasteiger charge is -2.02. The van der Waals surface area contributed by atoms with Crippen LogP contribution in [0, 0.1) is 0 Å². The molecule has 14 heavy (non-hydrogen) atoms. The molecule has 0 saturated heterocycles. The van der Waals surface area contributed by atoms with Crippen LogP contribution in [0.3, 0.4) is 0 Å². The molecule has 6 heteroatoms. The molecule has 0 aliphatic rings. The summed E-state index contributed by atoms with van der Waals surface area (Å²) in [5.74, 6) is -3.01. The molecule has 0 aliphatic heterocycles. The smallest absolute Gasteiger partial charge is 0.351 e. The summed E-state index contributed by atoms with van der Waals surface area (Å²) < 4.78 is 8.52. The maximum atomic E-state index is 10.8. The van der Waals surface area contributed by atoms with Crippen LogP contribution in [-0.4, -0.2) is 30.4 Å². The van der Waals surface area contributed by atoms with Gasteiger partial charge in [-0.05, 0) is 6.92 Å². The topological polar surface area (TPSA) is 69.7 Å². The number of rotatable bonds is 4. The van der Waals surface area contributed by atoms with Gasteiger partial charge in [0.05, 0.1) is 0 Å². The monoisotopic (exact) mass is 220 g/mol. The van der Waals surface area contributed by atoms with Gasteiger partial charge in [0.15, 0.2) is 6.61 Å². The zero-order chi connectivity index (χ0) is 11.1. The van der Waals surface area contributed by atoms with E-state index in [1.807, 2.05) is 0 Å². The van der Waals surface area contributed by atoms with Crippen LogP contribution in [0.25, 0.3) is 0 Å².